The second-order valence-electron chi connectivity index (χ2n) is 8.37. The summed E-state index contributed by atoms with van der Waals surface area (Å²) < 4.78 is 1.80. The summed E-state index contributed by atoms with van der Waals surface area (Å²) in [4.78, 5) is 15.7. The zero-order valence-electron chi connectivity index (χ0n) is 18.9. The van der Waals surface area contributed by atoms with Crippen molar-refractivity contribution in [3.05, 3.63) is 132 Å². The lowest BCUT2D eigenvalue weighted by molar-refractivity contribution is -0.134. The standard InChI is InChI=1S/C29H26N4O/c34-29(20-26(24-14-6-2-7-15-24)25-16-8-3-9-17-25)32(21-23-12-4-1-5-13-23)22-33-28-19-11-10-18-27(28)30-31-33/h1-19,26H,20-22H2. The van der Waals surface area contributed by atoms with Crippen LogP contribution in [0.15, 0.2) is 115 Å². The van der Waals surface area contributed by atoms with Crippen molar-refractivity contribution in [2.75, 3.05) is 0 Å². The molecular weight excluding hydrogens is 420 g/mol. The highest BCUT2D eigenvalue weighted by atomic mass is 16.2. The van der Waals surface area contributed by atoms with E-state index in [1.165, 1.54) is 0 Å². The number of hydrogen-bond donors (Lipinski definition) is 0. The minimum Gasteiger partial charge on any atom is -0.319 e. The first-order valence-electron chi connectivity index (χ1n) is 11.5. The highest BCUT2D eigenvalue weighted by Gasteiger charge is 2.23. The van der Waals surface area contributed by atoms with Gasteiger partial charge in [-0.25, -0.2) is 4.68 Å². The molecular formula is C29H26N4O. The van der Waals surface area contributed by atoms with Gasteiger partial charge >= 0.3 is 0 Å². The monoisotopic (exact) mass is 446 g/mol. The molecule has 1 heterocycles. The molecule has 5 heteroatoms. The molecule has 0 N–H and O–H groups in total. The summed E-state index contributed by atoms with van der Waals surface area (Å²) >= 11 is 0. The molecule has 0 saturated carbocycles. The van der Waals surface area contributed by atoms with Gasteiger partial charge in [-0.1, -0.05) is 108 Å². The number of carbonyl (C=O) groups excluding carboxylic acids is 1. The summed E-state index contributed by atoms with van der Waals surface area (Å²) in [5.41, 5.74) is 5.08. The fourth-order valence-corrected chi connectivity index (χ4v) is 4.31. The highest BCUT2D eigenvalue weighted by Crippen LogP contribution is 2.29. The number of aromatic nitrogens is 3. The van der Waals surface area contributed by atoms with Gasteiger partial charge in [0.05, 0.1) is 5.52 Å². The minimum absolute atomic E-state index is 0.0272. The number of fused-ring (bicyclic) bond motifs is 1. The molecule has 0 atom stereocenters. The van der Waals surface area contributed by atoms with Crippen LogP contribution in [0, 0.1) is 0 Å². The molecule has 4 aromatic carbocycles. The number of para-hydroxylation sites is 1. The van der Waals surface area contributed by atoms with Gasteiger partial charge in [0.1, 0.15) is 12.2 Å². The summed E-state index contributed by atoms with van der Waals surface area (Å²) in [6.07, 6.45) is 0.369. The van der Waals surface area contributed by atoms with E-state index in [4.69, 9.17) is 0 Å². The predicted octanol–water partition coefficient (Wildman–Crippen LogP) is 5.64. The normalized spacial score (nSPS) is 11.1. The molecule has 0 aliphatic heterocycles. The fraction of sp³-hybridized carbons (Fsp3) is 0.138. The molecule has 5 nitrogen and oxygen atoms in total. The third-order valence-corrected chi connectivity index (χ3v) is 6.08. The van der Waals surface area contributed by atoms with Gasteiger partial charge < -0.3 is 4.90 Å². The van der Waals surface area contributed by atoms with Crippen LogP contribution in [-0.2, 0) is 18.0 Å². The predicted molar refractivity (Wildman–Crippen MR) is 134 cm³/mol. The molecule has 0 unspecified atom stereocenters. The zero-order chi connectivity index (χ0) is 23.2. The largest absolute Gasteiger partial charge is 0.319 e. The van der Waals surface area contributed by atoms with Gasteiger partial charge in [-0.15, -0.1) is 5.10 Å². The number of nitrogens with zero attached hydrogens (tertiary/aromatic N) is 4. The van der Waals surface area contributed by atoms with Gasteiger partial charge in [0.2, 0.25) is 5.91 Å². The molecule has 1 aromatic heterocycles. The topological polar surface area (TPSA) is 51.0 Å². The number of hydrogen-bond acceptors (Lipinski definition) is 3. The molecule has 34 heavy (non-hydrogen) atoms. The van der Waals surface area contributed by atoms with Crippen LogP contribution >= 0.6 is 0 Å². The quantitative estimate of drug-likeness (QED) is 0.310. The highest BCUT2D eigenvalue weighted by molar-refractivity contribution is 5.78. The Morgan fingerprint density at radius 1 is 0.735 bits per heavy atom. The Morgan fingerprint density at radius 2 is 1.29 bits per heavy atom. The average Bonchev–Trinajstić information content (AvgIpc) is 3.31. The molecule has 0 radical (unpaired) electrons. The molecule has 0 aliphatic rings. The molecule has 5 aromatic rings. The molecule has 1 amide bonds. The van der Waals surface area contributed by atoms with E-state index >= 15 is 0 Å². The number of benzene rings is 4. The summed E-state index contributed by atoms with van der Waals surface area (Å²) in [6.45, 7) is 0.842. The summed E-state index contributed by atoms with van der Waals surface area (Å²) in [7, 11) is 0. The number of rotatable bonds is 8. The van der Waals surface area contributed by atoms with Crippen LogP contribution in [0.1, 0.15) is 29.0 Å². The van der Waals surface area contributed by atoms with Crippen LogP contribution in [0.3, 0.4) is 0 Å². The van der Waals surface area contributed by atoms with E-state index < -0.39 is 0 Å². The first-order chi connectivity index (χ1) is 16.8. The Labute approximate surface area is 199 Å². The smallest absolute Gasteiger partial charge is 0.225 e. The Morgan fingerprint density at radius 3 is 1.94 bits per heavy atom. The van der Waals surface area contributed by atoms with Crippen LogP contribution in [0.4, 0.5) is 0 Å². The van der Waals surface area contributed by atoms with Crippen molar-refractivity contribution < 1.29 is 4.79 Å². The first kappa shape index (κ1) is 21.6. The van der Waals surface area contributed by atoms with E-state index in [0.29, 0.717) is 19.6 Å². The Bertz CT molecular complexity index is 1310. The van der Waals surface area contributed by atoms with Gasteiger partial charge in [0.25, 0.3) is 0 Å². The zero-order valence-corrected chi connectivity index (χ0v) is 18.9. The minimum atomic E-state index is -0.0272. The van der Waals surface area contributed by atoms with E-state index in [-0.39, 0.29) is 11.8 Å². The molecule has 0 saturated heterocycles. The summed E-state index contributed by atoms with van der Waals surface area (Å²) in [6, 6.07) is 38.4. The lowest BCUT2D eigenvalue weighted by atomic mass is 9.88. The van der Waals surface area contributed by atoms with E-state index in [9.17, 15) is 4.79 Å². The van der Waals surface area contributed by atoms with Crippen molar-refractivity contribution in [2.24, 2.45) is 0 Å². The van der Waals surface area contributed by atoms with Crippen LogP contribution in [0.2, 0.25) is 0 Å². The van der Waals surface area contributed by atoms with E-state index in [2.05, 4.69) is 34.6 Å². The van der Waals surface area contributed by atoms with Crippen LogP contribution in [0.5, 0.6) is 0 Å². The second kappa shape index (κ2) is 10.1. The molecule has 0 fully saturated rings. The van der Waals surface area contributed by atoms with Gasteiger partial charge in [-0.05, 0) is 28.8 Å². The molecule has 168 valence electrons. The second-order valence-corrected chi connectivity index (χ2v) is 8.37. The third kappa shape index (κ3) is 4.89. The average molecular weight is 447 g/mol. The molecule has 5 rings (SSSR count). The van der Waals surface area contributed by atoms with Crippen molar-refractivity contribution in [2.45, 2.75) is 25.6 Å². The van der Waals surface area contributed by atoms with Crippen LogP contribution in [0.25, 0.3) is 11.0 Å². The van der Waals surface area contributed by atoms with Crippen LogP contribution < -0.4 is 0 Å². The maximum absolute atomic E-state index is 13.8. The lowest BCUT2D eigenvalue weighted by Crippen LogP contribution is -2.34. The van der Waals surface area contributed by atoms with Crippen molar-refractivity contribution in [1.29, 1.82) is 0 Å². The SMILES string of the molecule is O=C(CC(c1ccccc1)c1ccccc1)N(Cc1ccccc1)Cn1nnc2ccccc21. The molecule has 0 aliphatic carbocycles. The summed E-state index contributed by atoms with van der Waals surface area (Å²) in [5, 5.41) is 8.60. The Kier molecular flexibility index (Phi) is 6.43. The van der Waals surface area contributed by atoms with Gasteiger partial charge in [-0.3, -0.25) is 4.79 Å². The van der Waals surface area contributed by atoms with Crippen molar-refractivity contribution in [3.8, 4) is 0 Å². The number of amides is 1. The Balaban J connectivity index is 1.46. The van der Waals surface area contributed by atoms with Gasteiger partial charge in [0.15, 0.2) is 0 Å². The van der Waals surface area contributed by atoms with Gasteiger partial charge in [0, 0.05) is 18.9 Å². The maximum atomic E-state index is 13.8. The van der Waals surface area contributed by atoms with Gasteiger partial charge in [-0.2, -0.15) is 0 Å². The van der Waals surface area contributed by atoms with Crippen molar-refractivity contribution in [3.63, 3.8) is 0 Å². The van der Waals surface area contributed by atoms with Crippen molar-refractivity contribution in [1.82, 2.24) is 19.9 Å². The lowest BCUT2D eigenvalue weighted by Gasteiger charge is -2.26. The Hall–Kier alpha value is -4.25. The van der Waals surface area contributed by atoms with E-state index in [1.54, 1.807) is 4.68 Å². The first-order valence-corrected chi connectivity index (χ1v) is 11.5. The van der Waals surface area contributed by atoms with Crippen LogP contribution in [-0.4, -0.2) is 25.8 Å². The fourth-order valence-electron chi connectivity index (χ4n) is 4.31. The molecule has 0 spiro atoms. The van der Waals surface area contributed by atoms with Crippen molar-refractivity contribution >= 4 is 16.9 Å². The molecule has 0 bridgehead atoms. The maximum Gasteiger partial charge on any atom is 0.225 e. The number of carbonyl (C=O) groups is 1. The summed E-state index contributed by atoms with van der Waals surface area (Å²) in [5.74, 6) is 0.0433. The van der Waals surface area contributed by atoms with E-state index in [1.807, 2.05) is 95.9 Å². The van der Waals surface area contributed by atoms with E-state index in [0.717, 1.165) is 27.7 Å². The third-order valence-electron chi connectivity index (χ3n) is 6.08.